The van der Waals surface area contributed by atoms with Crippen molar-refractivity contribution in [2.75, 3.05) is 0 Å². The van der Waals surface area contributed by atoms with Crippen LogP contribution in [0.5, 0.6) is 0 Å². The number of aryl methyl sites for hydroxylation is 1. The van der Waals surface area contributed by atoms with Gasteiger partial charge < -0.3 is 9.47 Å². The Balaban J connectivity index is 1.62. The number of ether oxygens (including phenoxy) is 2. The van der Waals surface area contributed by atoms with Crippen LogP contribution in [0.15, 0.2) is 53.2 Å². The molecule has 5 heteroatoms. The van der Waals surface area contributed by atoms with E-state index in [1.807, 2.05) is 56.3 Å². The number of hydrogen-bond donors (Lipinski definition) is 0. The number of aliphatic imine (C=N–C) groups is 1. The van der Waals surface area contributed by atoms with Gasteiger partial charge in [-0.05, 0) is 37.3 Å². The van der Waals surface area contributed by atoms with Gasteiger partial charge in [0.1, 0.15) is 22.6 Å². The lowest BCUT2D eigenvalue weighted by molar-refractivity contribution is -0.149. The molecule has 2 heterocycles. The van der Waals surface area contributed by atoms with Gasteiger partial charge in [0.05, 0.1) is 5.56 Å². The van der Waals surface area contributed by atoms with Crippen LogP contribution in [0, 0.1) is 11.3 Å². The Morgan fingerprint density at radius 1 is 1.14 bits per heavy atom. The van der Waals surface area contributed by atoms with E-state index >= 15 is 0 Å². The Labute approximate surface area is 169 Å². The van der Waals surface area contributed by atoms with Gasteiger partial charge >= 0.3 is 0 Å². The topological polar surface area (TPSA) is 54.6 Å². The Kier molecular flexibility index (Phi) is 5.06. The third-order valence-electron chi connectivity index (χ3n) is 4.75. The monoisotopic (exact) mass is 390 g/mol. The Morgan fingerprint density at radius 3 is 2.71 bits per heavy atom. The standard InChI is InChI=1S/C23H22N2O2S/c1-23(2)26-17(14-20(27-23)16-8-4-3-5-9-16)12-13-25-22-19(15-24)18-10-6-7-11-21(18)28-22/h3-5,8-9,12-14H,6-7,10-11H2,1-2H3/b17-12+,25-13?. The minimum absolute atomic E-state index is 0.679. The fourth-order valence-electron chi connectivity index (χ4n) is 3.52. The molecule has 1 aliphatic carbocycles. The predicted molar refractivity (Wildman–Crippen MR) is 113 cm³/mol. The lowest BCUT2D eigenvalue weighted by atomic mass is 9.96. The molecule has 142 valence electrons. The second-order valence-electron chi connectivity index (χ2n) is 7.33. The minimum Gasteiger partial charge on any atom is -0.453 e. The van der Waals surface area contributed by atoms with Crippen molar-refractivity contribution in [2.24, 2.45) is 4.99 Å². The van der Waals surface area contributed by atoms with Crippen LogP contribution >= 0.6 is 11.3 Å². The summed E-state index contributed by atoms with van der Waals surface area (Å²) in [4.78, 5) is 5.88. The van der Waals surface area contributed by atoms with Crippen molar-refractivity contribution in [3.05, 3.63) is 69.8 Å². The molecule has 0 fully saturated rings. The fourth-order valence-corrected chi connectivity index (χ4v) is 4.71. The Morgan fingerprint density at radius 2 is 1.93 bits per heavy atom. The quantitative estimate of drug-likeness (QED) is 0.612. The SMILES string of the molecule is CC1(C)OC(c2ccccc2)=C/C(=C\C=Nc2sc3c(c2C#N)CCCC3)O1. The number of thiophene rings is 1. The van der Waals surface area contributed by atoms with Crippen LogP contribution in [0.4, 0.5) is 5.00 Å². The third kappa shape index (κ3) is 3.88. The average Bonchev–Trinajstić information content (AvgIpc) is 3.05. The minimum atomic E-state index is -0.764. The molecule has 1 aromatic heterocycles. The zero-order valence-electron chi connectivity index (χ0n) is 16.1. The molecule has 0 atom stereocenters. The molecule has 0 spiro atoms. The molecule has 4 rings (SSSR count). The van der Waals surface area contributed by atoms with Crippen LogP contribution in [-0.2, 0) is 22.3 Å². The average molecular weight is 391 g/mol. The van der Waals surface area contributed by atoms with Crippen LogP contribution in [0.25, 0.3) is 5.76 Å². The van der Waals surface area contributed by atoms with E-state index in [9.17, 15) is 5.26 Å². The maximum Gasteiger partial charge on any atom is 0.245 e. The number of nitrogens with zero attached hydrogens (tertiary/aromatic N) is 2. The van der Waals surface area contributed by atoms with E-state index in [4.69, 9.17) is 9.47 Å². The lowest BCUT2D eigenvalue weighted by Crippen LogP contribution is -2.30. The number of allylic oxidation sites excluding steroid dienone is 2. The first-order valence-corrected chi connectivity index (χ1v) is 10.3. The smallest absolute Gasteiger partial charge is 0.245 e. The van der Waals surface area contributed by atoms with Gasteiger partial charge in [0.15, 0.2) is 0 Å². The zero-order valence-corrected chi connectivity index (χ0v) is 16.9. The molecule has 2 aliphatic rings. The van der Waals surface area contributed by atoms with E-state index in [2.05, 4.69) is 11.1 Å². The van der Waals surface area contributed by atoms with Gasteiger partial charge in [-0.2, -0.15) is 5.26 Å². The zero-order chi connectivity index (χ0) is 19.6. The summed E-state index contributed by atoms with van der Waals surface area (Å²) in [6.07, 6.45) is 9.81. The molecule has 0 bridgehead atoms. The molecular formula is C23H22N2O2S. The molecular weight excluding hydrogens is 368 g/mol. The van der Waals surface area contributed by atoms with Gasteiger partial charge in [-0.3, -0.25) is 0 Å². The molecule has 0 radical (unpaired) electrons. The molecule has 2 aromatic rings. The predicted octanol–water partition coefficient (Wildman–Crippen LogP) is 5.91. The molecule has 0 saturated heterocycles. The number of hydrogen-bond acceptors (Lipinski definition) is 5. The Hall–Kier alpha value is -2.84. The van der Waals surface area contributed by atoms with Crippen LogP contribution in [0.3, 0.4) is 0 Å². The number of benzene rings is 1. The summed E-state index contributed by atoms with van der Waals surface area (Å²) < 4.78 is 11.9. The van der Waals surface area contributed by atoms with E-state index in [0.29, 0.717) is 5.76 Å². The van der Waals surface area contributed by atoms with Crippen LogP contribution < -0.4 is 0 Å². The molecule has 0 N–H and O–H groups in total. The Bertz CT molecular complexity index is 1010. The van der Waals surface area contributed by atoms with Gasteiger partial charge in [-0.25, -0.2) is 4.99 Å². The first-order chi connectivity index (χ1) is 13.6. The van der Waals surface area contributed by atoms with E-state index in [0.717, 1.165) is 41.1 Å². The normalized spacial score (nSPS) is 19.5. The van der Waals surface area contributed by atoms with E-state index in [1.165, 1.54) is 16.9 Å². The first-order valence-electron chi connectivity index (χ1n) is 9.50. The summed E-state index contributed by atoms with van der Waals surface area (Å²) in [5, 5.41) is 10.4. The number of fused-ring (bicyclic) bond motifs is 1. The van der Waals surface area contributed by atoms with Crippen molar-refractivity contribution < 1.29 is 9.47 Å². The molecule has 4 nitrogen and oxygen atoms in total. The molecule has 0 saturated carbocycles. The highest BCUT2D eigenvalue weighted by atomic mass is 32.1. The number of nitriles is 1. The summed E-state index contributed by atoms with van der Waals surface area (Å²) in [6, 6.07) is 12.3. The molecule has 28 heavy (non-hydrogen) atoms. The van der Waals surface area contributed by atoms with Crippen molar-refractivity contribution >= 4 is 28.3 Å². The summed E-state index contributed by atoms with van der Waals surface area (Å²) in [5.74, 6) is 0.680. The third-order valence-corrected chi connectivity index (χ3v) is 5.95. The fraction of sp³-hybridized carbons (Fsp3) is 0.304. The van der Waals surface area contributed by atoms with Crippen LogP contribution in [0.2, 0.25) is 0 Å². The van der Waals surface area contributed by atoms with E-state index in [-0.39, 0.29) is 0 Å². The molecule has 0 unspecified atom stereocenters. The van der Waals surface area contributed by atoms with Gasteiger partial charge in [-0.1, -0.05) is 30.3 Å². The molecule has 0 amide bonds. The van der Waals surface area contributed by atoms with E-state index < -0.39 is 5.79 Å². The van der Waals surface area contributed by atoms with Crippen molar-refractivity contribution in [1.29, 1.82) is 5.26 Å². The molecule has 1 aliphatic heterocycles. The van der Waals surface area contributed by atoms with Crippen LogP contribution in [-0.4, -0.2) is 12.0 Å². The summed E-state index contributed by atoms with van der Waals surface area (Å²) >= 11 is 1.64. The van der Waals surface area contributed by atoms with Crippen molar-refractivity contribution in [3.8, 4) is 6.07 Å². The van der Waals surface area contributed by atoms with Crippen LogP contribution in [0.1, 0.15) is 48.3 Å². The van der Waals surface area contributed by atoms with Crippen molar-refractivity contribution in [2.45, 2.75) is 45.3 Å². The number of rotatable bonds is 3. The van der Waals surface area contributed by atoms with Gasteiger partial charge in [0.2, 0.25) is 5.79 Å². The summed E-state index contributed by atoms with van der Waals surface area (Å²) in [7, 11) is 0. The molecule has 1 aromatic carbocycles. The summed E-state index contributed by atoms with van der Waals surface area (Å²) in [6.45, 7) is 3.77. The van der Waals surface area contributed by atoms with Gasteiger partial charge in [0, 0.05) is 36.6 Å². The van der Waals surface area contributed by atoms with Crippen molar-refractivity contribution in [1.82, 2.24) is 0 Å². The van der Waals surface area contributed by atoms with Crippen molar-refractivity contribution in [3.63, 3.8) is 0 Å². The highest BCUT2D eigenvalue weighted by molar-refractivity contribution is 7.16. The second-order valence-corrected chi connectivity index (χ2v) is 8.41. The summed E-state index contributed by atoms with van der Waals surface area (Å²) in [5.41, 5.74) is 2.94. The highest BCUT2D eigenvalue weighted by Crippen LogP contribution is 2.39. The largest absolute Gasteiger partial charge is 0.453 e. The van der Waals surface area contributed by atoms with Gasteiger partial charge in [-0.15, -0.1) is 11.3 Å². The maximum absolute atomic E-state index is 9.56. The lowest BCUT2D eigenvalue weighted by Gasteiger charge is -2.33. The highest BCUT2D eigenvalue weighted by Gasteiger charge is 2.28. The first kappa shape index (κ1) is 18.5. The maximum atomic E-state index is 9.56. The van der Waals surface area contributed by atoms with Gasteiger partial charge in [0.25, 0.3) is 0 Å². The second kappa shape index (κ2) is 7.65. The van der Waals surface area contributed by atoms with E-state index in [1.54, 1.807) is 17.6 Å².